The molecule has 5 nitrogen and oxygen atoms in total. The zero-order chi connectivity index (χ0) is 14.0. The zero-order valence-electron chi connectivity index (χ0n) is 10.6. The molecule has 0 radical (unpaired) electrons. The Balaban J connectivity index is 2.28. The average molecular weight is 266 g/mol. The van der Waals surface area contributed by atoms with Crippen LogP contribution in [0.4, 0.5) is 4.39 Å². The third-order valence-corrected chi connectivity index (χ3v) is 3.07. The first-order chi connectivity index (χ1) is 9.00. The third kappa shape index (κ3) is 2.73. The molecular weight excluding hydrogens is 251 g/mol. The number of halogens is 1. The number of ether oxygens (including phenoxy) is 1. The second-order valence-corrected chi connectivity index (χ2v) is 4.47. The summed E-state index contributed by atoms with van der Waals surface area (Å²) in [7, 11) is 0. The van der Waals surface area contributed by atoms with E-state index in [0.717, 1.165) is 5.56 Å². The number of primary amides is 1. The summed E-state index contributed by atoms with van der Waals surface area (Å²) in [5.74, 6) is -1.79. The second-order valence-electron chi connectivity index (χ2n) is 4.47. The van der Waals surface area contributed by atoms with Crippen LogP contribution in [0.2, 0.25) is 0 Å². The lowest BCUT2D eigenvalue weighted by Gasteiger charge is -2.33. The molecule has 19 heavy (non-hydrogen) atoms. The topological polar surface area (TPSA) is 72.6 Å². The van der Waals surface area contributed by atoms with Crippen LogP contribution in [0.1, 0.15) is 15.9 Å². The molecule has 1 unspecified atom stereocenters. The van der Waals surface area contributed by atoms with Gasteiger partial charge in [-0.2, -0.15) is 0 Å². The summed E-state index contributed by atoms with van der Waals surface area (Å²) in [6.45, 7) is 2.32. The van der Waals surface area contributed by atoms with E-state index in [2.05, 4.69) is 0 Å². The van der Waals surface area contributed by atoms with Gasteiger partial charge in [0.25, 0.3) is 5.91 Å². The van der Waals surface area contributed by atoms with Gasteiger partial charge in [-0.1, -0.05) is 6.07 Å². The fourth-order valence-corrected chi connectivity index (χ4v) is 2.03. The molecule has 0 saturated carbocycles. The fraction of sp³-hybridized carbons (Fsp3) is 0.385. The van der Waals surface area contributed by atoms with Crippen molar-refractivity contribution >= 4 is 11.8 Å². The molecule has 0 aromatic heterocycles. The normalized spacial score (nSPS) is 19.3. The van der Waals surface area contributed by atoms with Crippen molar-refractivity contribution in [2.45, 2.75) is 13.0 Å². The van der Waals surface area contributed by atoms with E-state index in [0.29, 0.717) is 6.61 Å². The number of nitrogens with two attached hydrogens (primary N) is 1. The van der Waals surface area contributed by atoms with Crippen molar-refractivity contribution in [3.8, 4) is 0 Å². The summed E-state index contributed by atoms with van der Waals surface area (Å²) in [6.07, 6.45) is 0. The predicted octanol–water partition coefficient (Wildman–Crippen LogP) is 0.460. The second kappa shape index (κ2) is 5.36. The number of amides is 2. The Morgan fingerprint density at radius 1 is 1.47 bits per heavy atom. The highest BCUT2D eigenvalue weighted by Gasteiger charge is 2.32. The van der Waals surface area contributed by atoms with Crippen molar-refractivity contribution < 1.29 is 18.7 Å². The first-order valence-corrected chi connectivity index (χ1v) is 5.95. The van der Waals surface area contributed by atoms with Gasteiger partial charge in [-0.25, -0.2) is 4.39 Å². The molecule has 6 heteroatoms. The number of nitrogens with zero attached hydrogens (tertiary/aromatic N) is 1. The molecule has 102 valence electrons. The molecule has 1 aromatic rings. The van der Waals surface area contributed by atoms with Gasteiger partial charge in [0.15, 0.2) is 0 Å². The van der Waals surface area contributed by atoms with E-state index in [1.807, 2.05) is 0 Å². The molecule has 1 atom stereocenters. The van der Waals surface area contributed by atoms with Gasteiger partial charge in [-0.05, 0) is 24.6 Å². The number of benzene rings is 1. The molecule has 0 aliphatic carbocycles. The van der Waals surface area contributed by atoms with Gasteiger partial charge < -0.3 is 15.4 Å². The number of rotatable bonds is 2. The predicted molar refractivity (Wildman–Crippen MR) is 66.0 cm³/mol. The van der Waals surface area contributed by atoms with E-state index in [9.17, 15) is 14.0 Å². The van der Waals surface area contributed by atoms with Gasteiger partial charge in [0, 0.05) is 6.54 Å². The molecule has 1 aromatic carbocycles. The number of carbonyl (C=O) groups is 2. The Kier molecular flexibility index (Phi) is 3.80. The molecule has 0 bridgehead atoms. The summed E-state index contributed by atoms with van der Waals surface area (Å²) in [4.78, 5) is 24.8. The summed E-state index contributed by atoms with van der Waals surface area (Å²) in [5, 5.41) is 0. The van der Waals surface area contributed by atoms with Crippen LogP contribution in [-0.2, 0) is 9.53 Å². The molecule has 2 N–H and O–H groups in total. The minimum Gasteiger partial charge on any atom is -0.377 e. The number of hydrogen-bond donors (Lipinski definition) is 1. The van der Waals surface area contributed by atoms with Crippen LogP contribution in [0.15, 0.2) is 18.2 Å². The molecule has 1 saturated heterocycles. The van der Waals surface area contributed by atoms with Crippen LogP contribution in [0, 0.1) is 12.7 Å². The van der Waals surface area contributed by atoms with Gasteiger partial charge >= 0.3 is 0 Å². The maximum Gasteiger partial charge on any atom is 0.257 e. The highest BCUT2D eigenvalue weighted by atomic mass is 19.1. The highest BCUT2D eigenvalue weighted by Crippen LogP contribution is 2.16. The maximum absolute atomic E-state index is 13.8. The van der Waals surface area contributed by atoms with E-state index in [1.54, 1.807) is 13.0 Å². The maximum atomic E-state index is 13.8. The average Bonchev–Trinajstić information content (AvgIpc) is 2.38. The minimum absolute atomic E-state index is 0.0502. The molecule has 1 aliphatic heterocycles. The third-order valence-electron chi connectivity index (χ3n) is 3.07. The zero-order valence-corrected chi connectivity index (χ0v) is 10.6. The summed E-state index contributed by atoms with van der Waals surface area (Å²) >= 11 is 0. The van der Waals surface area contributed by atoms with Gasteiger partial charge in [-0.3, -0.25) is 9.59 Å². The van der Waals surface area contributed by atoms with E-state index in [1.165, 1.54) is 17.0 Å². The van der Waals surface area contributed by atoms with Crippen LogP contribution in [0.3, 0.4) is 0 Å². The van der Waals surface area contributed by atoms with Crippen LogP contribution in [0.25, 0.3) is 0 Å². The quantitative estimate of drug-likeness (QED) is 0.845. The first kappa shape index (κ1) is 13.5. The number of morpholine rings is 1. The molecular formula is C13H15FN2O3. The molecule has 1 fully saturated rings. The monoisotopic (exact) mass is 266 g/mol. The van der Waals surface area contributed by atoms with Crippen LogP contribution in [-0.4, -0.2) is 42.5 Å². The van der Waals surface area contributed by atoms with E-state index in [-0.39, 0.29) is 18.7 Å². The largest absolute Gasteiger partial charge is 0.377 e. The smallest absolute Gasteiger partial charge is 0.257 e. The van der Waals surface area contributed by atoms with Crippen molar-refractivity contribution in [2.24, 2.45) is 5.73 Å². The van der Waals surface area contributed by atoms with Crippen molar-refractivity contribution in [1.29, 1.82) is 0 Å². The van der Waals surface area contributed by atoms with Crippen molar-refractivity contribution in [1.82, 2.24) is 4.90 Å². The van der Waals surface area contributed by atoms with Crippen LogP contribution >= 0.6 is 0 Å². The van der Waals surface area contributed by atoms with Crippen molar-refractivity contribution in [3.63, 3.8) is 0 Å². The fourth-order valence-electron chi connectivity index (χ4n) is 2.03. The number of carbonyl (C=O) groups excluding carboxylic acids is 2. The lowest BCUT2D eigenvalue weighted by atomic mass is 10.1. The first-order valence-electron chi connectivity index (χ1n) is 5.95. The lowest BCUT2D eigenvalue weighted by molar-refractivity contribution is -0.127. The van der Waals surface area contributed by atoms with Gasteiger partial charge in [0.2, 0.25) is 5.91 Å². The van der Waals surface area contributed by atoms with Gasteiger partial charge in [0.05, 0.1) is 18.8 Å². The Labute approximate surface area is 110 Å². The van der Waals surface area contributed by atoms with E-state index < -0.39 is 23.7 Å². The Morgan fingerprint density at radius 3 is 2.84 bits per heavy atom. The summed E-state index contributed by atoms with van der Waals surface area (Å²) in [5.41, 5.74) is 5.90. The van der Waals surface area contributed by atoms with Crippen LogP contribution in [0.5, 0.6) is 0 Å². The standard InChI is InChI=1S/C13H15FN2O3/c1-8-2-3-9(10(14)6-8)13(18)16-4-5-19-7-11(16)12(15)17/h2-3,6,11H,4-5,7H2,1H3,(H2,15,17). The molecule has 2 amide bonds. The highest BCUT2D eigenvalue weighted by molar-refractivity contribution is 5.97. The van der Waals surface area contributed by atoms with E-state index in [4.69, 9.17) is 10.5 Å². The molecule has 1 heterocycles. The van der Waals surface area contributed by atoms with Gasteiger partial charge in [0.1, 0.15) is 11.9 Å². The lowest BCUT2D eigenvalue weighted by Crippen LogP contribution is -2.54. The Bertz CT molecular complexity index is 519. The molecule has 0 spiro atoms. The minimum atomic E-state index is -0.845. The SMILES string of the molecule is Cc1ccc(C(=O)N2CCOCC2C(N)=O)c(F)c1. The summed E-state index contributed by atoms with van der Waals surface area (Å²) < 4.78 is 18.9. The molecule has 1 aliphatic rings. The number of hydrogen-bond acceptors (Lipinski definition) is 3. The van der Waals surface area contributed by atoms with Gasteiger partial charge in [-0.15, -0.1) is 0 Å². The Hall–Kier alpha value is -1.95. The number of aryl methyl sites for hydroxylation is 1. The van der Waals surface area contributed by atoms with E-state index >= 15 is 0 Å². The van der Waals surface area contributed by atoms with Crippen molar-refractivity contribution in [2.75, 3.05) is 19.8 Å². The molecule has 2 rings (SSSR count). The Morgan fingerprint density at radius 2 is 2.21 bits per heavy atom. The van der Waals surface area contributed by atoms with Crippen molar-refractivity contribution in [3.05, 3.63) is 35.1 Å². The summed E-state index contributed by atoms with van der Waals surface area (Å²) in [6, 6.07) is 3.51. The van der Waals surface area contributed by atoms with Crippen LogP contribution < -0.4 is 5.73 Å².